The molecular formula is C24H27N5O4S. The average Bonchev–Trinajstić information content (AvgIpc) is 3.51. The highest BCUT2D eigenvalue weighted by molar-refractivity contribution is 7.22. The van der Waals surface area contributed by atoms with E-state index in [4.69, 9.17) is 9.26 Å². The fourth-order valence-electron chi connectivity index (χ4n) is 4.41. The predicted molar refractivity (Wildman–Crippen MR) is 131 cm³/mol. The number of aryl methyl sites for hydroxylation is 1. The highest BCUT2D eigenvalue weighted by atomic mass is 32.1. The summed E-state index contributed by atoms with van der Waals surface area (Å²) in [4.78, 5) is 32.6. The summed E-state index contributed by atoms with van der Waals surface area (Å²) in [5.74, 6) is 0.928. The van der Waals surface area contributed by atoms with E-state index in [1.807, 2.05) is 36.4 Å². The normalized spacial score (nSPS) is 14.7. The minimum absolute atomic E-state index is 0.114. The zero-order valence-corrected chi connectivity index (χ0v) is 19.8. The summed E-state index contributed by atoms with van der Waals surface area (Å²) in [7, 11) is 1.65. The molecule has 0 saturated carbocycles. The van der Waals surface area contributed by atoms with Crippen LogP contribution in [-0.2, 0) is 17.7 Å². The molecule has 0 radical (unpaired) electrons. The third-order valence-corrected chi connectivity index (χ3v) is 7.30. The number of nitrogens with zero attached hydrogens (tertiary/aromatic N) is 4. The molecule has 4 heterocycles. The first kappa shape index (κ1) is 22.7. The minimum atomic E-state index is -0.332. The number of hydrogen-bond donors (Lipinski definition) is 1. The standard InChI is InChI=1S/C24H27N5O4S/c1-32-13-5-8-20-26-21(33-27-20)15-28-18-14-19(16-6-3-2-4-7-16)34-22(18)23(30)29(24(28)31)17-9-11-25-12-10-17/h2-4,6-7,14,17,25H,5,8-13,15H2,1H3. The molecule has 0 amide bonds. The van der Waals surface area contributed by atoms with Gasteiger partial charge in [-0.2, -0.15) is 4.98 Å². The number of fused-ring (bicyclic) bond motifs is 1. The van der Waals surface area contributed by atoms with E-state index in [-0.39, 0.29) is 23.8 Å². The van der Waals surface area contributed by atoms with E-state index in [0.29, 0.717) is 35.0 Å². The number of ether oxygens (including phenoxy) is 1. The molecule has 34 heavy (non-hydrogen) atoms. The Morgan fingerprint density at radius 2 is 2.00 bits per heavy atom. The van der Waals surface area contributed by atoms with Gasteiger partial charge in [-0.3, -0.25) is 13.9 Å². The number of aromatic nitrogens is 4. The Kier molecular flexibility index (Phi) is 6.70. The molecule has 10 heteroatoms. The van der Waals surface area contributed by atoms with Crippen molar-refractivity contribution in [2.45, 2.75) is 38.3 Å². The van der Waals surface area contributed by atoms with Gasteiger partial charge in [0.2, 0.25) is 5.89 Å². The Balaban J connectivity index is 1.60. The van der Waals surface area contributed by atoms with Crippen molar-refractivity contribution in [1.82, 2.24) is 24.6 Å². The van der Waals surface area contributed by atoms with E-state index in [1.165, 1.54) is 15.9 Å². The smallest absolute Gasteiger partial charge is 0.332 e. The molecule has 178 valence electrons. The second-order valence-corrected chi connectivity index (χ2v) is 9.47. The lowest BCUT2D eigenvalue weighted by molar-refractivity contribution is 0.194. The third kappa shape index (κ3) is 4.48. The first-order chi connectivity index (χ1) is 16.7. The van der Waals surface area contributed by atoms with Crippen LogP contribution < -0.4 is 16.6 Å². The first-order valence-corrected chi connectivity index (χ1v) is 12.3. The van der Waals surface area contributed by atoms with Crippen molar-refractivity contribution >= 4 is 21.6 Å². The number of nitrogens with one attached hydrogen (secondary N) is 1. The SMILES string of the molecule is COCCCc1noc(Cn2c(=O)n(C3CCNCC3)c(=O)c3sc(-c4ccccc4)cc32)n1. The van der Waals surface area contributed by atoms with Crippen molar-refractivity contribution < 1.29 is 9.26 Å². The second kappa shape index (κ2) is 10.0. The molecule has 0 bridgehead atoms. The largest absolute Gasteiger partial charge is 0.385 e. The molecule has 1 N–H and O–H groups in total. The van der Waals surface area contributed by atoms with Crippen LogP contribution in [0, 0.1) is 0 Å². The maximum atomic E-state index is 13.7. The number of methoxy groups -OCH3 is 1. The lowest BCUT2D eigenvalue weighted by Gasteiger charge is -2.24. The van der Waals surface area contributed by atoms with Crippen LogP contribution in [0.2, 0.25) is 0 Å². The van der Waals surface area contributed by atoms with Crippen molar-refractivity contribution in [2.75, 3.05) is 26.8 Å². The predicted octanol–water partition coefficient (Wildman–Crippen LogP) is 2.83. The van der Waals surface area contributed by atoms with Gasteiger partial charge in [0.05, 0.1) is 5.52 Å². The van der Waals surface area contributed by atoms with E-state index >= 15 is 0 Å². The molecule has 0 spiro atoms. The molecule has 0 atom stereocenters. The first-order valence-electron chi connectivity index (χ1n) is 11.5. The molecule has 1 aromatic carbocycles. The van der Waals surface area contributed by atoms with E-state index in [2.05, 4.69) is 15.5 Å². The third-order valence-electron chi connectivity index (χ3n) is 6.14. The van der Waals surface area contributed by atoms with Gasteiger partial charge in [0.25, 0.3) is 5.56 Å². The number of piperidine rings is 1. The summed E-state index contributed by atoms with van der Waals surface area (Å²) in [5.41, 5.74) is 1.05. The molecule has 0 unspecified atom stereocenters. The van der Waals surface area contributed by atoms with Crippen LogP contribution in [-0.4, -0.2) is 46.1 Å². The fourth-order valence-corrected chi connectivity index (χ4v) is 5.52. The molecule has 0 aliphatic carbocycles. The van der Waals surface area contributed by atoms with Gasteiger partial charge in [-0.25, -0.2) is 4.79 Å². The quantitative estimate of drug-likeness (QED) is 0.386. The van der Waals surface area contributed by atoms with Crippen molar-refractivity contribution in [1.29, 1.82) is 0 Å². The summed E-state index contributed by atoms with van der Waals surface area (Å²) in [6, 6.07) is 11.7. The van der Waals surface area contributed by atoms with Gasteiger partial charge >= 0.3 is 5.69 Å². The fraction of sp³-hybridized carbons (Fsp3) is 0.417. The molecule has 5 rings (SSSR count). The van der Waals surface area contributed by atoms with Crippen molar-refractivity contribution in [3.63, 3.8) is 0 Å². The number of hydrogen-bond acceptors (Lipinski definition) is 8. The van der Waals surface area contributed by atoms with Gasteiger partial charge in [0.1, 0.15) is 11.2 Å². The monoisotopic (exact) mass is 481 g/mol. The zero-order valence-electron chi connectivity index (χ0n) is 19.0. The lowest BCUT2D eigenvalue weighted by atomic mass is 10.1. The van der Waals surface area contributed by atoms with Crippen LogP contribution in [0.25, 0.3) is 20.7 Å². The van der Waals surface area contributed by atoms with Crippen LogP contribution in [0.5, 0.6) is 0 Å². The second-order valence-electron chi connectivity index (χ2n) is 8.42. The van der Waals surface area contributed by atoms with Gasteiger partial charge in [-0.05, 0) is 44.0 Å². The highest BCUT2D eigenvalue weighted by Crippen LogP contribution is 2.32. The molecule has 4 aromatic rings. The van der Waals surface area contributed by atoms with Crippen molar-refractivity contribution in [3.05, 3.63) is 69.0 Å². The molecule has 1 fully saturated rings. The summed E-state index contributed by atoms with van der Waals surface area (Å²) in [5, 5.41) is 7.35. The van der Waals surface area contributed by atoms with E-state index in [1.54, 1.807) is 11.7 Å². The summed E-state index contributed by atoms with van der Waals surface area (Å²) in [6.07, 6.45) is 2.89. The van der Waals surface area contributed by atoms with E-state index < -0.39 is 0 Å². The van der Waals surface area contributed by atoms with Gasteiger partial charge in [0.15, 0.2) is 5.82 Å². The minimum Gasteiger partial charge on any atom is -0.385 e. The Morgan fingerprint density at radius 1 is 1.21 bits per heavy atom. The maximum absolute atomic E-state index is 13.7. The molecule has 1 aliphatic heterocycles. The van der Waals surface area contributed by atoms with E-state index in [9.17, 15) is 9.59 Å². The van der Waals surface area contributed by atoms with Crippen molar-refractivity contribution in [3.8, 4) is 10.4 Å². The van der Waals surface area contributed by atoms with Crippen LogP contribution in [0.3, 0.4) is 0 Å². The molecule has 3 aromatic heterocycles. The molecular weight excluding hydrogens is 454 g/mol. The van der Waals surface area contributed by atoms with Crippen LogP contribution in [0.1, 0.15) is 37.0 Å². The number of rotatable bonds is 8. The topological polar surface area (TPSA) is 104 Å². The van der Waals surface area contributed by atoms with Crippen LogP contribution in [0.15, 0.2) is 50.5 Å². The lowest BCUT2D eigenvalue weighted by Crippen LogP contribution is -2.45. The Morgan fingerprint density at radius 3 is 2.76 bits per heavy atom. The number of benzene rings is 1. The summed E-state index contributed by atoms with van der Waals surface area (Å²) in [6.45, 7) is 2.29. The summed E-state index contributed by atoms with van der Waals surface area (Å²) >= 11 is 1.42. The maximum Gasteiger partial charge on any atom is 0.332 e. The zero-order chi connectivity index (χ0) is 23.5. The van der Waals surface area contributed by atoms with Crippen LogP contribution >= 0.6 is 11.3 Å². The van der Waals surface area contributed by atoms with Gasteiger partial charge in [-0.1, -0.05) is 35.5 Å². The van der Waals surface area contributed by atoms with Crippen LogP contribution in [0.4, 0.5) is 0 Å². The summed E-state index contributed by atoms with van der Waals surface area (Å²) < 4.78 is 14.1. The van der Waals surface area contributed by atoms with Gasteiger partial charge < -0.3 is 14.6 Å². The molecule has 1 saturated heterocycles. The molecule has 1 aliphatic rings. The van der Waals surface area contributed by atoms with Gasteiger partial charge in [-0.15, -0.1) is 11.3 Å². The Labute approximate surface area is 200 Å². The Hall–Kier alpha value is -3.08. The van der Waals surface area contributed by atoms with Crippen molar-refractivity contribution in [2.24, 2.45) is 0 Å². The molecule has 9 nitrogen and oxygen atoms in total. The Bertz CT molecular complexity index is 1380. The number of thiophene rings is 1. The average molecular weight is 482 g/mol. The van der Waals surface area contributed by atoms with Gasteiger partial charge in [0, 0.05) is 31.1 Å². The highest BCUT2D eigenvalue weighted by Gasteiger charge is 2.24. The van der Waals surface area contributed by atoms with E-state index in [0.717, 1.165) is 42.8 Å².